The first-order valence-electron chi connectivity index (χ1n) is 8.55. The van der Waals surface area contributed by atoms with Gasteiger partial charge in [0.05, 0.1) is 13.5 Å². The fraction of sp³-hybridized carbons (Fsp3) is 0.333. The second-order valence-electron chi connectivity index (χ2n) is 6.22. The van der Waals surface area contributed by atoms with Crippen molar-refractivity contribution >= 4 is 17.4 Å². The molecule has 0 aliphatic carbocycles. The van der Waals surface area contributed by atoms with Crippen LogP contribution in [0.15, 0.2) is 42.7 Å². The third-order valence-electron chi connectivity index (χ3n) is 4.59. The first-order chi connectivity index (χ1) is 12.7. The number of carbonyl (C=O) groups excluding carboxylic acids is 1. The molecule has 0 saturated carbocycles. The van der Waals surface area contributed by atoms with Crippen LogP contribution in [-0.2, 0) is 11.2 Å². The number of aromatic nitrogens is 4. The van der Waals surface area contributed by atoms with Crippen molar-refractivity contribution in [2.45, 2.75) is 6.42 Å². The van der Waals surface area contributed by atoms with Crippen molar-refractivity contribution in [2.75, 3.05) is 38.2 Å². The van der Waals surface area contributed by atoms with Gasteiger partial charge in [-0.15, -0.1) is 15.3 Å². The second-order valence-corrected chi connectivity index (χ2v) is 6.22. The summed E-state index contributed by atoms with van der Waals surface area (Å²) in [4.78, 5) is 16.7. The Morgan fingerprint density at radius 1 is 1.15 bits per heavy atom. The van der Waals surface area contributed by atoms with Crippen molar-refractivity contribution < 1.29 is 9.53 Å². The van der Waals surface area contributed by atoms with E-state index in [1.165, 1.54) is 0 Å². The molecule has 8 heteroatoms. The highest BCUT2D eigenvalue weighted by Gasteiger charge is 2.22. The minimum Gasteiger partial charge on any atom is -0.497 e. The van der Waals surface area contributed by atoms with Gasteiger partial charge in [0.25, 0.3) is 0 Å². The van der Waals surface area contributed by atoms with E-state index in [2.05, 4.69) is 20.2 Å². The van der Waals surface area contributed by atoms with Gasteiger partial charge in [0, 0.05) is 26.2 Å². The molecule has 1 saturated heterocycles. The summed E-state index contributed by atoms with van der Waals surface area (Å²) in [7, 11) is 1.63. The molecule has 2 aromatic heterocycles. The molecule has 0 bridgehead atoms. The van der Waals surface area contributed by atoms with E-state index in [-0.39, 0.29) is 5.91 Å². The summed E-state index contributed by atoms with van der Waals surface area (Å²) in [6, 6.07) is 11.5. The number of methoxy groups -OCH3 is 1. The Morgan fingerprint density at radius 2 is 2.00 bits per heavy atom. The molecular formula is C18H20N6O2. The summed E-state index contributed by atoms with van der Waals surface area (Å²) in [6.07, 6.45) is 1.98. The lowest BCUT2D eigenvalue weighted by Crippen LogP contribution is -2.49. The summed E-state index contributed by atoms with van der Waals surface area (Å²) in [5.74, 6) is 1.79. The highest BCUT2D eigenvalue weighted by Crippen LogP contribution is 2.16. The third kappa shape index (κ3) is 3.30. The van der Waals surface area contributed by atoms with E-state index in [1.807, 2.05) is 41.3 Å². The zero-order chi connectivity index (χ0) is 17.9. The van der Waals surface area contributed by atoms with Gasteiger partial charge in [0.15, 0.2) is 5.65 Å². The number of piperazine rings is 1. The van der Waals surface area contributed by atoms with Crippen LogP contribution >= 0.6 is 0 Å². The SMILES string of the molecule is COc1cccc(CC(=O)N2CCN(c3ccc4nncn4n3)CC2)c1. The van der Waals surface area contributed by atoms with E-state index >= 15 is 0 Å². The minimum atomic E-state index is 0.139. The number of amides is 1. The summed E-state index contributed by atoms with van der Waals surface area (Å²) in [5, 5.41) is 12.3. The fourth-order valence-corrected chi connectivity index (χ4v) is 3.14. The van der Waals surface area contributed by atoms with Gasteiger partial charge in [-0.1, -0.05) is 12.1 Å². The number of rotatable bonds is 4. The van der Waals surface area contributed by atoms with Crippen molar-refractivity contribution in [2.24, 2.45) is 0 Å². The molecule has 134 valence electrons. The van der Waals surface area contributed by atoms with Crippen molar-refractivity contribution in [1.29, 1.82) is 0 Å². The molecule has 0 spiro atoms. The van der Waals surface area contributed by atoms with Gasteiger partial charge in [-0.3, -0.25) is 4.79 Å². The van der Waals surface area contributed by atoms with E-state index in [1.54, 1.807) is 18.0 Å². The molecule has 1 aromatic carbocycles. The molecule has 3 aromatic rings. The van der Waals surface area contributed by atoms with Crippen LogP contribution in [0.4, 0.5) is 5.82 Å². The Balaban J connectivity index is 1.37. The number of carbonyl (C=O) groups is 1. The van der Waals surface area contributed by atoms with Gasteiger partial charge in [-0.2, -0.15) is 4.52 Å². The Labute approximate surface area is 151 Å². The van der Waals surface area contributed by atoms with Crippen LogP contribution in [0.25, 0.3) is 5.65 Å². The molecule has 26 heavy (non-hydrogen) atoms. The zero-order valence-electron chi connectivity index (χ0n) is 14.6. The molecule has 1 amide bonds. The van der Waals surface area contributed by atoms with Gasteiger partial charge >= 0.3 is 0 Å². The standard InChI is InChI=1S/C18H20N6O2/c1-26-15-4-2-3-14(11-15)12-18(25)23-9-7-22(8-10-23)17-6-5-16-20-19-13-24(16)21-17/h2-6,11,13H,7-10,12H2,1H3. The largest absolute Gasteiger partial charge is 0.497 e. The highest BCUT2D eigenvalue weighted by molar-refractivity contribution is 5.79. The number of fused-ring (bicyclic) bond motifs is 1. The molecule has 1 aliphatic heterocycles. The average Bonchev–Trinajstić information content (AvgIpc) is 3.16. The second kappa shape index (κ2) is 6.99. The number of ether oxygens (including phenoxy) is 1. The van der Waals surface area contributed by atoms with E-state index in [0.717, 1.165) is 35.9 Å². The van der Waals surface area contributed by atoms with E-state index in [9.17, 15) is 4.79 Å². The minimum absolute atomic E-state index is 0.139. The van der Waals surface area contributed by atoms with Crippen LogP contribution in [0.2, 0.25) is 0 Å². The van der Waals surface area contributed by atoms with E-state index < -0.39 is 0 Å². The van der Waals surface area contributed by atoms with Gasteiger partial charge in [0.1, 0.15) is 17.9 Å². The molecule has 1 aliphatic rings. The Morgan fingerprint density at radius 3 is 2.81 bits per heavy atom. The van der Waals surface area contributed by atoms with Crippen LogP contribution in [0.1, 0.15) is 5.56 Å². The molecule has 0 N–H and O–H groups in total. The van der Waals surface area contributed by atoms with Gasteiger partial charge in [-0.25, -0.2) is 0 Å². The van der Waals surface area contributed by atoms with E-state index in [0.29, 0.717) is 19.5 Å². The van der Waals surface area contributed by atoms with Gasteiger partial charge < -0.3 is 14.5 Å². The Kier molecular flexibility index (Phi) is 4.39. The maximum Gasteiger partial charge on any atom is 0.227 e. The molecule has 0 atom stereocenters. The number of hydrogen-bond donors (Lipinski definition) is 0. The first kappa shape index (κ1) is 16.3. The van der Waals surface area contributed by atoms with Crippen LogP contribution in [-0.4, -0.2) is 63.9 Å². The van der Waals surface area contributed by atoms with E-state index in [4.69, 9.17) is 4.74 Å². The predicted octanol–water partition coefficient (Wildman–Crippen LogP) is 1.02. The van der Waals surface area contributed by atoms with Crippen LogP contribution in [0, 0.1) is 0 Å². The Hall–Kier alpha value is -3.16. The average molecular weight is 352 g/mol. The van der Waals surface area contributed by atoms with Crippen molar-refractivity contribution in [3.05, 3.63) is 48.3 Å². The number of benzene rings is 1. The first-order valence-corrected chi connectivity index (χ1v) is 8.55. The summed E-state index contributed by atoms with van der Waals surface area (Å²) >= 11 is 0. The molecule has 4 rings (SSSR count). The molecule has 8 nitrogen and oxygen atoms in total. The molecular weight excluding hydrogens is 332 g/mol. The van der Waals surface area contributed by atoms with Gasteiger partial charge in [-0.05, 0) is 29.8 Å². The number of nitrogens with zero attached hydrogens (tertiary/aromatic N) is 6. The van der Waals surface area contributed by atoms with Gasteiger partial charge in [0.2, 0.25) is 5.91 Å². The molecule has 3 heterocycles. The van der Waals surface area contributed by atoms with Crippen molar-refractivity contribution in [3.8, 4) is 5.75 Å². The topological polar surface area (TPSA) is 75.9 Å². The highest BCUT2D eigenvalue weighted by atomic mass is 16.5. The molecule has 0 unspecified atom stereocenters. The number of anilines is 1. The Bertz CT molecular complexity index is 917. The van der Waals surface area contributed by atoms with Crippen LogP contribution in [0.5, 0.6) is 5.75 Å². The van der Waals surface area contributed by atoms with Crippen LogP contribution in [0.3, 0.4) is 0 Å². The normalized spacial score (nSPS) is 14.7. The summed E-state index contributed by atoms with van der Waals surface area (Å²) in [5.41, 5.74) is 1.69. The van der Waals surface area contributed by atoms with Crippen LogP contribution < -0.4 is 9.64 Å². The molecule has 0 radical (unpaired) electrons. The zero-order valence-corrected chi connectivity index (χ0v) is 14.6. The monoisotopic (exact) mass is 352 g/mol. The number of hydrogen-bond acceptors (Lipinski definition) is 6. The fourth-order valence-electron chi connectivity index (χ4n) is 3.14. The van der Waals surface area contributed by atoms with Crippen molar-refractivity contribution in [3.63, 3.8) is 0 Å². The molecule has 1 fully saturated rings. The maximum absolute atomic E-state index is 12.6. The summed E-state index contributed by atoms with van der Waals surface area (Å²) in [6.45, 7) is 2.88. The summed E-state index contributed by atoms with van der Waals surface area (Å²) < 4.78 is 6.88. The van der Waals surface area contributed by atoms with Crippen molar-refractivity contribution in [1.82, 2.24) is 24.7 Å². The lowest BCUT2D eigenvalue weighted by atomic mass is 10.1. The lowest BCUT2D eigenvalue weighted by molar-refractivity contribution is -0.130. The predicted molar refractivity (Wildman–Crippen MR) is 96.3 cm³/mol. The third-order valence-corrected chi connectivity index (χ3v) is 4.59. The smallest absolute Gasteiger partial charge is 0.227 e. The maximum atomic E-state index is 12.6. The lowest BCUT2D eigenvalue weighted by Gasteiger charge is -2.35. The quantitative estimate of drug-likeness (QED) is 0.698.